The molecule has 0 atom stereocenters. The number of methoxy groups -OCH3 is 1. The monoisotopic (exact) mass is 375 g/mol. The molecule has 144 valence electrons. The van der Waals surface area contributed by atoms with Crippen molar-refractivity contribution in [2.45, 2.75) is 12.3 Å². The molecule has 1 aromatic heterocycles. The molecule has 3 rings (SSSR count). The van der Waals surface area contributed by atoms with Crippen molar-refractivity contribution in [2.75, 3.05) is 30.9 Å². The lowest BCUT2D eigenvalue weighted by Gasteiger charge is -2.18. The standard InChI is InChI=1S/C23H25N3O2/c1-28-15-14-24-20-12-13-22(25-17-20)26-23(27)16-21(18-8-4-2-5-9-18)19-10-6-3-7-11-19/h2-13,17,21,24H,14-16H2,1H3,(H,25,26,27). The summed E-state index contributed by atoms with van der Waals surface area (Å²) in [6, 6.07) is 23.9. The summed E-state index contributed by atoms with van der Waals surface area (Å²) < 4.78 is 5.01. The fourth-order valence-corrected chi connectivity index (χ4v) is 3.05. The van der Waals surface area contributed by atoms with Crippen LogP contribution >= 0.6 is 0 Å². The Kier molecular flexibility index (Phi) is 7.15. The number of rotatable bonds is 9. The van der Waals surface area contributed by atoms with Gasteiger partial charge < -0.3 is 15.4 Å². The van der Waals surface area contributed by atoms with Gasteiger partial charge in [-0.1, -0.05) is 60.7 Å². The number of pyridine rings is 1. The molecule has 3 aromatic rings. The van der Waals surface area contributed by atoms with Gasteiger partial charge >= 0.3 is 0 Å². The Hall–Kier alpha value is -3.18. The Labute approximate surface area is 165 Å². The highest BCUT2D eigenvalue weighted by Crippen LogP contribution is 2.28. The van der Waals surface area contributed by atoms with Crippen LogP contribution in [0.15, 0.2) is 79.0 Å². The molecule has 0 saturated carbocycles. The maximum absolute atomic E-state index is 12.7. The molecule has 1 heterocycles. The van der Waals surface area contributed by atoms with E-state index in [9.17, 15) is 4.79 Å². The summed E-state index contributed by atoms with van der Waals surface area (Å²) in [5, 5.41) is 6.10. The van der Waals surface area contributed by atoms with E-state index in [-0.39, 0.29) is 11.8 Å². The predicted octanol–water partition coefficient (Wildman–Crippen LogP) is 4.30. The van der Waals surface area contributed by atoms with Gasteiger partial charge in [-0.3, -0.25) is 4.79 Å². The van der Waals surface area contributed by atoms with Gasteiger partial charge in [0.1, 0.15) is 5.82 Å². The fourth-order valence-electron chi connectivity index (χ4n) is 3.05. The van der Waals surface area contributed by atoms with E-state index in [2.05, 4.69) is 39.9 Å². The lowest BCUT2D eigenvalue weighted by atomic mass is 9.88. The molecule has 1 amide bonds. The first-order chi connectivity index (χ1) is 13.8. The number of carbonyl (C=O) groups is 1. The molecule has 5 heteroatoms. The smallest absolute Gasteiger partial charge is 0.226 e. The maximum Gasteiger partial charge on any atom is 0.226 e. The number of anilines is 2. The van der Waals surface area contributed by atoms with Crippen LogP contribution in [0.5, 0.6) is 0 Å². The van der Waals surface area contributed by atoms with Gasteiger partial charge in [0.25, 0.3) is 0 Å². The second kappa shape index (κ2) is 10.2. The SMILES string of the molecule is COCCNc1ccc(NC(=O)CC(c2ccccc2)c2ccccc2)nc1. The number of ether oxygens (including phenoxy) is 1. The Morgan fingerprint density at radius 2 is 1.61 bits per heavy atom. The lowest BCUT2D eigenvalue weighted by Crippen LogP contribution is -2.17. The van der Waals surface area contributed by atoms with Crippen LogP contribution in [0.4, 0.5) is 11.5 Å². The molecule has 0 aliphatic rings. The average Bonchev–Trinajstić information content (AvgIpc) is 2.75. The number of hydrogen-bond donors (Lipinski definition) is 2. The molecule has 2 aromatic carbocycles. The van der Waals surface area contributed by atoms with Crippen molar-refractivity contribution in [3.8, 4) is 0 Å². The Morgan fingerprint density at radius 3 is 2.14 bits per heavy atom. The molecule has 5 nitrogen and oxygen atoms in total. The summed E-state index contributed by atoms with van der Waals surface area (Å²) in [6.07, 6.45) is 2.06. The van der Waals surface area contributed by atoms with Crippen LogP contribution in [0.25, 0.3) is 0 Å². The summed E-state index contributed by atoms with van der Waals surface area (Å²) >= 11 is 0. The lowest BCUT2D eigenvalue weighted by molar-refractivity contribution is -0.116. The fraction of sp³-hybridized carbons (Fsp3) is 0.217. The zero-order valence-electron chi connectivity index (χ0n) is 16.0. The predicted molar refractivity (Wildman–Crippen MR) is 113 cm³/mol. The maximum atomic E-state index is 12.7. The van der Waals surface area contributed by atoms with Crippen molar-refractivity contribution in [3.63, 3.8) is 0 Å². The minimum absolute atomic E-state index is 0.00242. The summed E-state index contributed by atoms with van der Waals surface area (Å²) in [7, 11) is 1.66. The molecular weight excluding hydrogens is 350 g/mol. The van der Waals surface area contributed by atoms with Crippen molar-refractivity contribution in [1.82, 2.24) is 4.98 Å². The number of hydrogen-bond acceptors (Lipinski definition) is 4. The first-order valence-electron chi connectivity index (χ1n) is 9.35. The number of benzene rings is 2. The normalized spacial score (nSPS) is 10.6. The van der Waals surface area contributed by atoms with Crippen LogP contribution in [0.3, 0.4) is 0 Å². The molecule has 0 aliphatic carbocycles. The molecule has 0 fully saturated rings. The van der Waals surface area contributed by atoms with E-state index < -0.39 is 0 Å². The van der Waals surface area contributed by atoms with Gasteiger partial charge in [0, 0.05) is 26.0 Å². The third kappa shape index (κ3) is 5.66. The highest BCUT2D eigenvalue weighted by Gasteiger charge is 2.18. The molecule has 0 unspecified atom stereocenters. The molecule has 0 spiro atoms. The Balaban J connectivity index is 1.66. The number of carbonyl (C=O) groups excluding carboxylic acids is 1. The van der Waals surface area contributed by atoms with Crippen LogP contribution in [0.1, 0.15) is 23.5 Å². The van der Waals surface area contributed by atoms with Crippen molar-refractivity contribution >= 4 is 17.4 Å². The second-order valence-corrected chi connectivity index (χ2v) is 6.48. The van der Waals surface area contributed by atoms with E-state index >= 15 is 0 Å². The van der Waals surface area contributed by atoms with Gasteiger partial charge in [0.05, 0.1) is 18.5 Å². The zero-order valence-corrected chi connectivity index (χ0v) is 16.0. The van der Waals surface area contributed by atoms with Crippen LogP contribution in [0, 0.1) is 0 Å². The number of nitrogens with zero attached hydrogens (tertiary/aromatic N) is 1. The van der Waals surface area contributed by atoms with Crippen molar-refractivity contribution in [2.24, 2.45) is 0 Å². The van der Waals surface area contributed by atoms with Gasteiger partial charge in [0.15, 0.2) is 0 Å². The average molecular weight is 375 g/mol. The molecule has 0 aliphatic heterocycles. The quantitative estimate of drug-likeness (QED) is 0.547. The van der Waals surface area contributed by atoms with Crippen LogP contribution < -0.4 is 10.6 Å². The summed E-state index contributed by atoms with van der Waals surface area (Å²) in [5.74, 6) is 0.477. The third-order valence-electron chi connectivity index (χ3n) is 4.46. The molecule has 0 saturated heterocycles. The van der Waals surface area contributed by atoms with E-state index in [1.807, 2.05) is 42.5 Å². The topological polar surface area (TPSA) is 63.2 Å². The summed E-state index contributed by atoms with van der Waals surface area (Å²) in [5.41, 5.74) is 3.13. The highest BCUT2D eigenvalue weighted by molar-refractivity contribution is 5.90. The first-order valence-corrected chi connectivity index (χ1v) is 9.35. The zero-order chi connectivity index (χ0) is 19.6. The third-order valence-corrected chi connectivity index (χ3v) is 4.46. The molecule has 2 N–H and O–H groups in total. The number of nitrogens with one attached hydrogen (secondary N) is 2. The van der Waals surface area contributed by atoms with Crippen molar-refractivity contribution in [1.29, 1.82) is 0 Å². The summed E-state index contributed by atoms with van der Waals surface area (Å²) in [4.78, 5) is 17.0. The van der Waals surface area contributed by atoms with Crippen molar-refractivity contribution < 1.29 is 9.53 Å². The second-order valence-electron chi connectivity index (χ2n) is 6.48. The molecular formula is C23H25N3O2. The van der Waals surface area contributed by atoms with Crippen molar-refractivity contribution in [3.05, 3.63) is 90.1 Å². The van der Waals surface area contributed by atoms with Gasteiger partial charge in [-0.2, -0.15) is 0 Å². The van der Waals surface area contributed by atoms with E-state index in [0.717, 1.165) is 16.8 Å². The van der Waals surface area contributed by atoms with E-state index in [4.69, 9.17) is 4.74 Å². The minimum atomic E-state index is -0.0645. The molecule has 0 radical (unpaired) electrons. The number of amides is 1. The van der Waals surface area contributed by atoms with Gasteiger partial charge in [-0.05, 0) is 23.3 Å². The molecule has 0 bridgehead atoms. The number of aromatic nitrogens is 1. The van der Waals surface area contributed by atoms with E-state index in [1.54, 1.807) is 19.4 Å². The van der Waals surface area contributed by atoms with Gasteiger partial charge in [0.2, 0.25) is 5.91 Å². The Morgan fingerprint density at radius 1 is 0.964 bits per heavy atom. The van der Waals surface area contributed by atoms with Gasteiger partial charge in [-0.15, -0.1) is 0 Å². The Bertz CT molecular complexity index is 813. The van der Waals surface area contributed by atoms with Crippen LogP contribution in [-0.2, 0) is 9.53 Å². The first kappa shape index (κ1) is 19.6. The van der Waals surface area contributed by atoms with Crippen LogP contribution in [-0.4, -0.2) is 31.2 Å². The largest absolute Gasteiger partial charge is 0.383 e. The van der Waals surface area contributed by atoms with E-state index in [1.165, 1.54) is 0 Å². The van der Waals surface area contributed by atoms with E-state index in [0.29, 0.717) is 25.4 Å². The minimum Gasteiger partial charge on any atom is -0.383 e. The molecule has 28 heavy (non-hydrogen) atoms. The highest BCUT2D eigenvalue weighted by atomic mass is 16.5. The van der Waals surface area contributed by atoms with Gasteiger partial charge in [-0.25, -0.2) is 4.98 Å². The summed E-state index contributed by atoms with van der Waals surface area (Å²) in [6.45, 7) is 1.33. The van der Waals surface area contributed by atoms with Crippen LogP contribution in [0.2, 0.25) is 0 Å².